The monoisotopic (exact) mass is 221 g/mol. The van der Waals surface area contributed by atoms with E-state index in [9.17, 15) is 0 Å². The van der Waals surface area contributed by atoms with E-state index < -0.39 is 0 Å². The van der Waals surface area contributed by atoms with Gasteiger partial charge in [-0.25, -0.2) is 4.98 Å². The number of anilines is 1. The van der Waals surface area contributed by atoms with Crippen molar-refractivity contribution in [3.05, 3.63) is 16.3 Å². The van der Waals surface area contributed by atoms with E-state index in [1.165, 1.54) is 0 Å². The molecule has 0 N–H and O–H groups in total. The number of nitrogens with zero attached hydrogens (tertiary/aromatic N) is 7. The number of hydrogen-bond acceptors (Lipinski definition) is 6. The highest BCUT2D eigenvalue weighted by molar-refractivity contribution is 5.34. The van der Waals surface area contributed by atoms with E-state index in [-0.39, 0.29) is 5.95 Å². The lowest BCUT2D eigenvalue weighted by Gasteiger charge is -2.26. The summed E-state index contributed by atoms with van der Waals surface area (Å²) in [5, 5.41) is 3.38. The topological polar surface area (TPSA) is 99.9 Å². The first-order chi connectivity index (χ1) is 7.79. The van der Waals surface area contributed by atoms with Gasteiger partial charge in [-0.05, 0) is 17.6 Å². The Morgan fingerprint density at radius 2 is 2.06 bits per heavy atom. The number of azide groups is 1. The summed E-state index contributed by atoms with van der Waals surface area (Å²) >= 11 is 0. The van der Waals surface area contributed by atoms with Crippen LogP contribution in [0.15, 0.2) is 5.11 Å². The highest BCUT2D eigenvalue weighted by atomic mass is 16.5. The van der Waals surface area contributed by atoms with E-state index >= 15 is 0 Å². The minimum Gasteiger partial charge on any atom is -0.378 e. The molecule has 1 aliphatic heterocycles. The number of morpholine rings is 1. The summed E-state index contributed by atoms with van der Waals surface area (Å²) in [5.74, 6) is 1.19. The van der Waals surface area contributed by atoms with Gasteiger partial charge in [-0.2, -0.15) is 9.97 Å². The van der Waals surface area contributed by atoms with Gasteiger partial charge in [-0.15, -0.1) is 0 Å². The van der Waals surface area contributed by atoms with Gasteiger partial charge in [-0.1, -0.05) is 0 Å². The number of hydrogen-bond donors (Lipinski definition) is 0. The zero-order valence-electron chi connectivity index (χ0n) is 8.87. The molecule has 0 saturated carbocycles. The lowest BCUT2D eigenvalue weighted by Crippen LogP contribution is -2.37. The molecular formula is C8H11N7O. The third-order valence-corrected chi connectivity index (χ3v) is 2.15. The first-order valence-electron chi connectivity index (χ1n) is 4.90. The Balaban J connectivity index is 2.28. The van der Waals surface area contributed by atoms with Crippen LogP contribution in [0.1, 0.15) is 5.82 Å². The zero-order chi connectivity index (χ0) is 11.4. The number of aromatic nitrogens is 3. The second-order valence-corrected chi connectivity index (χ2v) is 3.27. The average molecular weight is 221 g/mol. The van der Waals surface area contributed by atoms with E-state index in [1.807, 2.05) is 4.90 Å². The fourth-order valence-electron chi connectivity index (χ4n) is 1.44. The van der Waals surface area contributed by atoms with Gasteiger partial charge >= 0.3 is 0 Å². The van der Waals surface area contributed by atoms with Crippen LogP contribution in [0.25, 0.3) is 10.4 Å². The van der Waals surface area contributed by atoms with Crippen molar-refractivity contribution in [3.63, 3.8) is 0 Å². The molecule has 8 nitrogen and oxygen atoms in total. The Kier molecular flexibility index (Phi) is 3.13. The van der Waals surface area contributed by atoms with Crippen LogP contribution in [0, 0.1) is 6.92 Å². The summed E-state index contributed by atoms with van der Waals surface area (Å²) in [6.45, 7) is 4.52. The molecule has 84 valence electrons. The maximum Gasteiger partial charge on any atom is 0.229 e. The molecule has 0 aliphatic carbocycles. The predicted molar refractivity (Wildman–Crippen MR) is 56.4 cm³/mol. The summed E-state index contributed by atoms with van der Waals surface area (Å²) < 4.78 is 5.23. The van der Waals surface area contributed by atoms with Gasteiger partial charge in [0.1, 0.15) is 5.82 Å². The van der Waals surface area contributed by atoms with Gasteiger partial charge in [0.05, 0.1) is 13.2 Å². The average Bonchev–Trinajstić information content (AvgIpc) is 2.30. The van der Waals surface area contributed by atoms with Gasteiger partial charge in [0, 0.05) is 18.0 Å². The summed E-state index contributed by atoms with van der Waals surface area (Å²) in [4.78, 5) is 16.8. The molecule has 0 bridgehead atoms. The molecule has 1 aromatic heterocycles. The Bertz CT molecular complexity index is 422. The third kappa shape index (κ3) is 2.36. The van der Waals surface area contributed by atoms with Crippen LogP contribution in [0.3, 0.4) is 0 Å². The Hall–Kier alpha value is -1.92. The minimum atomic E-state index is 0.108. The lowest BCUT2D eigenvalue weighted by molar-refractivity contribution is 0.122. The normalized spacial score (nSPS) is 15.7. The number of rotatable bonds is 2. The minimum absolute atomic E-state index is 0.108. The lowest BCUT2D eigenvalue weighted by atomic mass is 10.4. The number of aryl methyl sites for hydroxylation is 1. The molecule has 1 fully saturated rings. The van der Waals surface area contributed by atoms with E-state index in [4.69, 9.17) is 10.3 Å². The first kappa shape index (κ1) is 10.6. The molecule has 1 saturated heterocycles. The highest BCUT2D eigenvalue weighted by Gasteiger charge is 2.14. The maximum absolute atomic E-state index is 8.34. The molecular weight excluding hydrogens is 210 g/mol. The molecule has 0 unspecified atom stereocenters. The summed E-state index contributed by atoms with van der Waals surface area (Å²) in [6.07, 6.45) is 0. The smallest absolute Gasteiger partial charge is 0.229 e. The van der Waals surface area contributed by atoms with Crippen molar-refractivity contribution in [1.82, 2.24) is 15.0 Å². The third-order valence-electron chi connectivity index (χ3n) is 2.15. The Morgan fingerprint density at radius 3 is 2.75 bits per heavy atom. The Labute approximate surface area is 91.9 Å². The van der Waals surface area contributed by atoms with E-state index in [1.54, 1.807) is 6.92 Å². The van der Waals surface area contributed by atoms with Gasteiger partial charge in [0.2, 0.25) is 11.9 Å². The summed E-state index contributed by atoms with van der Waals surface area (Å²) in [5.41, 5.74) is 8.34. The van der Waals surface area contributed by atoms with Crippen LogP contribution in [0.4, 0.5) is 11.9 Å². The second-order valence-electron chi connectivity index (χ2n) is 3.27. The fourth-order valence-corrected chi connectivity index (χ4v) is 1.44. The maximum atomic E-state index is 8.34. The van der Waals surface area contributed by atoms with Crippen LogP contribution in [-0.2, 0) is 4.74 Å². The van der Waals surface area contributed by atoms with Gasteiger partial charge in [-0.3, -0.25) is 0 Å². The van der Waals surface area contributed by atoms with Crippen LogP contribution < -0.4 is 4.90 Å². The molecule has 1 aromatic rings. The molecule has 8 heteroatoms. The molecule has 0 amide bonds. The molecule has 2 heterocycles. The molecule has 0 aromatic carbocycles. The van der Waals surface area contributed by atoms with Crippen molar-refractivity contribution in [3.8, 4) is 0 Å². The molecule has 2 rings (SSSR count). The van der Waals surface area contributed by atoms with Crippen LogP contribution in [-0.4, -0.2) is 41.3 Å². The van der Waals surface area contributed by atoms with Crippen molar-refractivity contribution in [1.29, 1.82) is 0 Å². The fraction of sp³-hybridized carbons (Fsp3) is 0.625. The van der Waals surface area contributed by atoms with Gasteiger partial charge in [0.15, 0.2) is 0 Å². The van der Waals surface area contributed by atoms with Crippen molar-refractivity contribution in [2.24, 2.45) is 5.11 Å². The van der Waals surface area contributed by atoms with Crippen molar-refractivity contribution in [2.45, 2.75) is 6.92 Å². The highest BCUT2D eigenvalue weighted by Crippen LogP contribution is 2.13. The van der Waals surface area contributed by atoms with Crippen molar-refractivity contribution in [2.75, 3.05) is 31.2 Å². The first-order valence-corrected chi connectivity index (χ1v) is 4.90. The zero-order valence-corrected chi connectivity index (χ0v) is 8.87. The SMILES string of the molecule is Cc1nc(N=[N+]=[N-])nc(N2CCOCC2)n1. The molecule has 0 atom stereocenters. The van der Waals surface area contributed by atoms with Crippen molar-refractivity contribution < 1.29 is 4.74 Å². The number of ether oxygens (including phenoxy) is 1. The predicted octanol–water partition coefficient (Wildman–Crippen LogP) is 0.958. The van der Waals surface area contributed by atoms with E-state index in [2.05, 4.69) is 25.0 Å². The van der Waals surface area contributed by atoms with Crippen LogP contribution in [0.5, 0.6) is 0 Å². The summed E-state index contributed by atoms with van der Waals surface area (Å²) in [6, 6.07) is 0. The standard InChI is InChI=1S/C8H11N7O/c1-6-10-7(13-14-9)12-8(11-6)15-2-4-16-5-3-15/h2-5H2,1H3. The Morgan fingerprint density at radius 1 is 1.31 bits per heavy atom. The summed E-state index contributed by atoms with van der Waals surface area (Å²) in [7, 11) is 0. The molecule has 0 radical (unpaired) electrons. The second kappa shape index (κ2) is 4.73. The van der Waals surface area contributed by atoms with E-state index in [0.29, 0.717) is 25.0 Å². The molecule has 0 spiro atoms. The van der Waals surface area contributed by atoms with E-state index in [0.717, 1.165) is 13.1 Å². The van der Waals surface area contributed by atoms with Crippen molar-refractivity contribution >= 4 is 11.9 Å². The molecule has 1 aliphatic rings. The van der Waals surface area contributed by atoms with Crippen LogP contribution in [0.2, 0.25) is 0 Å². The van der Waals surface area contributed by atoms with Gasteiger partial charge in [0.25, 0.3) is 0 Å². The van der Waals surface area contributed by atoms with Crippen LogP contribution >= 0.6 is 0 Å². The quantitative estimate of drug-likeness (QED) is 0.420. The van der Waals surface area contributed by atoms with Gasteiger partial charge < -0.3 is 9.64 Å². The molecule has 16 heavy (non-hydrogen) atoms. The largest absolute Gasteiger partial charge is 0.378 e.